The number of nitrogens with zero attached hydrogens (tertiary/aromatic N) is 2. The summed E-state index contributed by atoms with van der Waals surface area (Å²) in [5.41, 5.74) is 0.949. The van der Waals surface area contributed by atoms with Gasteiger partial charge in [-0.05, 0) is 24.5 Å². The molecule has 0 amide bonds. The predicted octanol–water partition coefficient (Wildman–Crippen LogP) is 3.64. The highest BCUT2D eigenvalue weighted by Gasteiger charge is 2.05. The molecule has 4 nitrogen and oxygen atoms in total. The van der Waals surface area contributed by atoms with Crippen LogP contribution < -0.4 is 10.6 Å². The summed E-state index contributed by atoms with van der Waals surface area (Å²) in [5, 5.41) is 6.55. The molecule has 0 radical (unpaired) electrons. The Hall–Kier alpha value is -1.46. The van der Waals surface area contributed by atoms with Crippen LogP contribution in [0.15, 0.2) is 35.4 Å². The maximum absolute atomic E-state index is 6.06. The first-order valence-corrected chi connectivity index (χ1v) is 6.94. The van der Waals surface area contributed by atoms with Gasteiger partial charge in [0.25, 0.3) is 0 Å². The summed E-state index contributed by atoms with van der Waals surface area (Å²) in [6.07, 6.45) is 3.61. The van der Waals surface area contributed by atoms with Crippen LogP contribution in [0.2, 0.25) is 5.02 Å². The van der Waals surface area contributed by atoms with Crippen molar-refractivity contribution in [2.75, 3.05) is 23.9 Å². The van der Waals surface area contributed by atoms with E-state index in [-0.39, 0.29) is 0 Å². The van der Waals surface area contributed by atoms with Gasteiger partial charge in [0.05, 0.1) is 6.20 Å². The minimum absolute atomic E-state index is 0.489. The smallest absolute Gasteiger partial charge is 0.224 e. The van der Waals surface area contributed by atoms with E-state index in [1.54, 1.807) is 25.0 Å². The maximum Gasteiger partial charge on any atom is 0.224 e. The zero-order valence-electron chi connectivity index (χ0n) is 10.1. The molecule has 0 spiro atoms. The number of thioether (sulfide) groups is 1. The van der Waals surface area contributed by atoms with E-state index in [1.165, 1.54) is 4.90 Å². The number of rotatable bonds is 4. The van der Waals surface area contributed by atoms with Gasteiger partial charge in [0.1, 0.15) is 5.02 Å². The molecule has 18 heavy (non-hydrogen) atoms. The number of hydrogen-bond acceptors (Lipinski definition) is 5. The van der Waals surface area contributed by atoms with Crippen molar-refractivity contribution in [2.24, 2.45) is 0 Å². The SMILES string of the molecule is CNc1ncc(Cl)c(Nc2cccc(SC)c2)n1. The number of halogens is 1. The molecule has 1 aromatic carbocycles. The highest BCUT2D eigenvalue weighted by Crippen LogP contribution is 2.25. The minimum atomic E-state index is 0.489. The quantitative estimate of drug-likeness (QED) is 0.838. The normalized spacial score (nSPS) is 10.2. The van der Waals surface area contributed by atoms with Crippen LogP contribution in [0.4, 0.5) is 17.5 Å². The van der Waals surface area contributed by atoms with E-state index in [2.05, 4.69) is 26.7 Å². The molecule has 0 unspecified atom stereocenters. The van der Waals surface area contributed by atoms with Crippen LogP contribution in [-0.4, -0.2) is 23.3 Å². The molecule has 2 N–H and O–H groups in total. The van der Waals surface area contributed by atoms with Crippen molar-refractivity contribution in [3.8, 4) is 0 Å². The Bertz CT molecular complexity index is 547. The van der Waals surface area contributed by atoms with Gasteiger partial charge in [-0.25, -0.2) is 4.98 Å². The van der Waals surface area contributed by atoms with Crippen molar-refractivity contribution in [2.45, 2.75) is 4.90 Å². The van der Waals surface area contributed by atoms with Gasteiger partial charge >= 0.3 is 0 Å². The van der Waals surface area contributed by atoms with Gasteiger partial charge in [0.2, 0.25) is 5.95 Å². The number of nitrogens with one attached hydrogen (secondary N) is 2. The van der Waals surface area contributed by atoms with Crippen LogP contribution >= 0.6 is 23.4 Å². The molecule has 0 aliphatic carbocycles. The first-order valence-electron chi connectivity index (χ1n) is 5.34. The molecule has 0 saturated carbocycles. The Morgan fingerprint density at radius 3 is 2.89 bits per heavy atom. The average molecular weight is 281 g/mol. The first-order chi connectivity index (χ1) is 8.72. The molecule has 0 atom stereocenters. The van der Waals surface area contributed by atoms with E-state index >= 15 is 0 Å². The molecule has 0 aliphatic heterocycles. The molecule has 0 bridgehead atoms. The molecular weight excluding hydrogens is 268 g/mol. The topological polar surface area (TPSA) is 49.8 Å². The predicted molar refractivity (Wildman–Crippen MR) is 78.1 cm³/mol. The van der Waals surface area contributed by atoms with Crippen LogP contribution in [0.25, 0.3) is 0 Å². The lowest BCUT2D eigenvalue weighted by atomic mass is 10.3. The summed E-state index contributed by atoms with van der Waals surface area (Å²) in [6, 6.07) is 8.05. The van der Waals surface area contributed by atoms with Crippen molar-refractivity contribution >= 4 is 40.8 Å². The molecule has 0 saturated heterocycles. The second-order valence-corrected chi connectivity index (χ2v) is 4.78. The summed E-state index contributed by atoms with van der Waals surface area (Å²) in [6.45, 7) is 0. The standard InChI is InChI=1S/C12H13ClN4S/c1-14-12-15-7-10(13)11(17-12)16-8-4-3-5-9(6-8)18-2/h3-7H,1-2H3,(H2,14,15,16,17). The van der Waals surface area contributed by atoms with Crippen LogP contribution in [0.3, 0.4) is 0 Å². The monoisotopic (exact) mass is 280 g/mol. The molecule has 2 rings (SSSR count). The fourth-order valence-electron chi connectivity index (χ4n) is 1.41. The minimum Gasteiger partial charge on any atom is -0.357 e. The third-order valence-corrected chi connectivity index (χ3v) is 3.30. The molecular formula is C12H13ClN4S. The fraction of sp³-hybridized carbons (Fsp3) is 0.167. The number of benzene rings is 1. The first kappa shape index (κ1) is 13.0. The number of hydrogen-bond donors (Lipinski definition) is 2. The second kappa shape index (κ2) is 5.93. The van der Waals surface area contributed by atoms with Gasteiger partial charge < -0.3 is 10.6 Å². The molecule has 0 aliphatic rings. The fourth-order valence-corrected chi connectivity index (χ4v) is 2.01. The highest BCUT2D eigenvalue weighted by molar-refractivity contribution is 7.98. The van der Waals surface area contributed by atoms with E-state index in [0.717, 1.165) is 5.69 Å². The van der Waals surface area contributed by atoms with Gasteiger partial charge in [-0.3, -0.25) is 0 Å². The maximum atomic E-state index is 6.06. The van der Waals surface area contributed by atoms with Gasteiger partial charge in [-0.1, -0.05) is 17.7 Å². The zero-order chi connectivity index (χ0) is 13.0. The van der Waals surface area contributed by atoms with E-state index in [0.29, 0.717) is 16.8 Å². The van der Waals surface area contributed by atoms with Gasteiger partial charge in [-0.15, -0.1) is 11.8 Å². The van der Waals surface area contributed by atoms with Gasteiger partial charge in [-0.2, -0.15) is 4.98 Å². The van der Waals surface area contributed by atoms with Crippen LogP contribution in [0.5, 0.6) is 0 Å². The number of anilines is 3. The van der Waals surface area contributed by atoms with Gasteiger partial charge in [0, 0.05) is 17.6 Å². The third kappa shape index (κ3) is 3.05. The molecule has 94 valence electrons. The van der Waals surface area contributed by atoms with E-state index in [1.807, 2.05) is 24.5 Å². The summed E-state index contributed by atoms with van der Waals surface area (Å²) < 4.78 is 0. The lowest BCUT2D eigenvalue weighted by molar-refractivity contribution is 1.15. The lowest BCUT2D eigenvalue weighted by Crippen LogP contribution is -2.01. The number of aromatic nitrogens is 2. The molecule has 0 fully saturated rings. The second-order valence-electron chi connectivity index (χ2n) is 3.50. The van der Waals surface area contributed by atoms with Crippen molar-refractivity contribution in [3.63, 3.8) is 0 Å². The highest BCUT2D eigenvalue weighted by atomic mass is 35.5. The average Bonchev–Trinajstić information content (AvgIpc) is 2.41. The van der Waals surface area contributed by atoms with E-state index in [9.17, 15) is 0 Å². The molecule has 1 aromatic heterocycles. The molecule has 6 heteroatoms. The summed E-state index contributed by atoms with van der Waals surface area (Å²) in [5.74, 6) is 1.12. The zero-order valence-corrected chi connectivity index (χ0v) is 11.6. The van der Waals surface area contributed by atoms with Crippen molar-refractivity contribution in [1.82, 2.24) is 9.97 Å². The van der Waals surface area contributed by atoms with Crippen molar-refractivity contribution in [3.05, 3.63) is 35.5 Å². The summed E-state index contributed by atoms with van der Waals surface area (Å²) in [4.78, 5) is 9.48. The Labute approximate surface area is 115 Å². The third-order valence-electron chi connectivity index (χ3n) is 2.30. The van der Waals surface area contributed by atoms with E-state index < -0.39 is 0 Å². The van der Waals surface area contributed by atoms with Crippen LogP contribution in [0, 0.1) is 0 Å². The Kier molecular flexibility index (Phi) is 4.28. The summed E-state index contributed by atoms with van der Waals surface area (Å²) in [7, 11) is 1.77. The summed E-state index contributed by atoms with van der Waals surface area (Å²) >= 11 is 7.74. The van der Waals surface area contributed by atoms with Gasteiger partial charge in [0.15, 0.2) is 5.82 Å². The van der Waals surface area contributed by atoms with Crippen LogP contribution in [0.1, 0.15) is 0 Å². The Morgan fingerprint density at radius 1 is 1.33 bits per heavy atom. The molecule has 1 heterocycles. The Morgan fingerprint density at radius 2 is 2.17 bits per heavy atom. The molecule has 2 aromatic rings. The van der Waals surface area contributed by atoms with Crippen molar-refractivity contribution in [1.29, 1.82) is 0 Å². The largest absolute Gasteiger partial charge is 0.357 e. The lowest BCUT2D eigenvalue weighted by Gasteiger charge is -2.09. The van der Waals surface area contributed by atoms with Crippen LogP contribution in [-0.2, 0) is 0 Å². The Balaban J connectivity index is 2.27. The van der Waals surface area contributed by atoms with Crippen molar-refractivity contribution < 1.29 is 0 Å². The van der Waals surface area contributed by atoms with E-state index in [4.69, 9.17) is 11.6 Å².